The first-order valence-corrected chi connectivity index (χ1v) is 6.17. The fourth-order valence-corrected chi connectivity index (χ4v) is 1.80. The van der Waals surface area contributed by atoms with Crippen molar-refractivity contribution in [2.75, 3.05) is 6.54 Å². The Balaban J connectivity index is 0.00000289. The third-order valence-corrected chi connectivity index (χ3v) is 2.83. The quantitative estimate of drug-likeness (QED) is 0.833. The Labute approximate surface area is 116 Å². The summed E-state index contributed by atoms with van der Waals surface area (Å²) in [5.41, 5.74) is 6.42. The molecule has 0 bridgehead atoms. The summed E-state index contributed by atoms with van der Waals surface area (Å²) in [4.78, 5) is 11.8. The first kappa shape index (κ1) is 16.9. The summed E-state index contributed by atoms with van der Waals surface area (Å²) < 4.78 is 0. The van der Waals surface area contributed by atoms with Crippen LogP contribution in [0.15, 0.2) is 30.3 Å². The van der Waals surface area contributed by atoms with Crippen LogP contribution >= 0.6 is 12.4 Å². The van der Waals surface area contributed by atoms with E-state index in [0.717, 1.165) is 12.8 Å². The van der Waals surface area contributed by atoms with Crippen molar-refractivity contribution in [2.24, 2.45) is 5.73 Å². The second-order valence-electron chi connectivity index (χ2n) is 4.66. The van der Waals surface area contributed by atoms with Crippen molar-refractivity contribution >= 4 is 18.3 Å². The number of nitrogens with one attached hydrogen (secondary N) is 1. The van der Waals surface area contributed by atoms with Crippen LogP contribution in [-0.2, 0) is 11.2 Å². The van der Waals surface area contributed by atoms with Gasteiger partial charge in [-0.05, 0) is 25.3 Å². The van der Waals surface area contributed by atoms with Gasteiger partial charge < -0.3 is 11.1 Å². The molecule has 1 aromatic rings. The van der Waals surface area contributed by atoms with Gasteiger partial charge in [0, 0.05) is 6.54 Å². The highest BCUT2D eigenvalue weighted by atomic mass is 35.5. The lowest BCUT2D eigenvalue weighted by Gasteiger charge is -2.22. The second kappa shape index (κ2) is 8.11. The van der Waals surface area contributed by atoms with Gasteiger partial charge in [-0.3, -0.25) is 4.79 Å². The topological polar surface area (TPSA) is 55.1 Å². The maximum absolute atomic E-state index is 11.8. The molecular formula is C14H23ClN2O. The monoisotopic (exact) mass is 270 g/mol. The van der Waals surface area contributed by atoms with E-state index in [1.165, 1.54) is 5.56 Å². The molecule has 0 heterocycles. The summed E-state index contributed by atoms with van der Waals surface area (Å²) in [5, 5.41) is 2.89. The van der Waals surface area contributed by atoms with Crippen LogP contribution < -0.4 is 11.1 Å². The fourth-order valence-electron chi connectivity index (χ4n) is 1.80. The van der Waals surface area contributed by atoms with Crippen molar-refractivity contribution < 1.29 is 4.79 Å². The van der Waals surface area contributed by atoms with Crippen LogP contribution in [-0.4, -0.2) is 18.0 Å². The van der Waals surface area contributed by atoms with Crippen LogP contribution in [0.25, 0.3) is 0 Å². The van der Waals surface area contributed by atoms with Gasteiger partial charge in [-0.2, -0.15) is 0 Å². The summed E-state index contributed by atoms with van der Waals surface area (Å²) in [6, 6.07) is 10.1. The van der Waals surface area contributed by atoms with Gasteiger partial charge in [0.25, 0.3) is 0 Å². The van der Waals surface area contributed by atoms with Crippen LogP contribution in [0.5, 0.6) is 0 Å². The minimum atomic E-state index is -0.745. The Morgan fingerprint density at radius 3 is 2.50 bits per heavy atom. The highest BCUT2D eigenvalue weighted by Crippen LogP contribution is 2.08. The van der Waals surface area contributed by atoms with Gasteiger partial charge in [0.05, 0.1) is 5.54 Å². The lowest BCUT2D eigenvalue weighted by atomic mass is 9.96. The number of halogens is 1. The van der Waals surface area contributed by atoms with Crippen molar-refractivity contribution in [1.29, 1.82) is 0 Å². The summed E-state index contributed by atoms with van der Waals surface area (Å²) in [5.74, 6) is -0.0599. The van der Waals surface area contributed by atoms with Gasteiger partial charge in [-0.15, -0.1) is 12.4 Å². The third kappa shape index (κ3) is 5.52. The van der Waals surface area contributed by atoms with E-state index >= 15 is 0 Å². The number of rotatable bonds is 6. The molecule has 18 heavy (non-hydrogen) atoms. The highest BCUT2D eigenvalue weighted by Gasteiger charge is 2.26. The Bertz CT molecular complexity index is 352. The van der Waals surface area contributed by atoms with Crippen molar-refractivity contribution in [3.63, 3.8) is 0 Å². The number of carbonyl (C=O) groups excluding carboxylic acids is 1. The number of amides is 1. The zero-order valence-corrected chi connectivity index (χ0v) is 11.9. The van der Waals surface area contributed by atoms with Crippen LogP contribution in [0, 0.1) is 0 Å². The van der Waals surface area contributed by atoms with E-state index in [9.17, 15) is 4.79 Å². The summed E-state index contributed by atoms with van der Waals surface area (Å²) in [7, 11) is 0. The van der Waals surface area contributed by atoms with E-state index in [-0.39, 0.29) is 18.3 Å². The van der Waals surface area contributed by atoms with Gasteiger partial charge in [0.2, 0.25) is 5.91 Å². The van der Waals surface area contributed by atoms with E-state index in [4.69, 9.17) is 5.73 Å². The molecule has 102 valence electrons. The molecule has 1 rings (SSSR count). The summed E-state index contributed by atoms with van der Waals surface area (Å²) in [6.45, 7) is 4.45. The van der Waals surface area contributed by atoms with E-state index < -0.39 is 5.54 Å². The van der Waals surface area contributed by atoms with Crippen LogP contribution in [0.1, 0.15) is 32.3 Å². The molecule has 0 spiro atoms. The smallest absolute Gasteiger partial charge is 0.239 e. The minimum absolute atomic E-state index is 0. The SMILES string of the molecule is CCCC(C)(N)C(=O)NCCc1ccccc1.Cl. The second-order valence-corrected chi connectivity index (χ2v) is 4.66. The van der Waals surface area contributed by atoms with Gasteiger partial charge in [0.1, 0.15) is 0 Å². The van der Waals surface area contributed by atoms with Crippen LogP contribution in [0.2, 0.25) is 0 Å². The molecule has 3 nitrogen and oxygen atoms in total. The Morgan fingerprint density at radius 2 is 1.94 bits per heavy atom. The van der Waals surface area contributed by atoms with E-state index in [2.05, 4.69) is 17.4 Å². The van der Waals surface area contributed by atoms with Crippen molar-refractivity contribution in [3.05, 3.63) is 35.9 Å². The number of nitrogens with two attached hydrogens (primary N) is 1. The molecule has 0 aliphatic heterocycles. The summed E-state index contributed by atoms with van der Waals surface area (Å²) >= 11 is 0. The molecular weight excluding hydrogens is 248 g/mol. The first-order valence-electron chi connectivity index (χ1n) is 6.17. The number of carbonyl (C=O) groups is 1. The Hall–Kier alpha value is -1.06. The van der Waals surface area contributed by atoms with Crippen molar-refractivity contribution in [1.82, 2.24) is 5.32 Å². The van der Waals surface area contributed by atoms with Crippen molar-refractivity contribution in [3.8, 4) is 0 Å². The van der Waals surface area contributed by atoms with Gasteiger partial charge in [-0.1, -0.05) is 43.7 Å². The fraction of sp³-hybridized carbons (Fsp3) is 0.500. The van der Waals surface area contributed by atoms with E-state index in [0.29, 0.717) is 13.0 Å². The highest BCUT2D eigenvalue weighted by molar-refractivity contribution is 5.85. The molecule has 1 atom stereocenters. The van der Waals surface area contributed by atoms with E-state index in [1.807, 2.05) is 25.1 Å². The first-order chi connectivity index (χ1) is 8.06. The maximum Gasteiger partial charge on any atom is 0.239 e. The Morgan fingerprint density at radius 1 is 1.33 bits per heavy atom. The molecule has 0 aliphatic rings. The summed E-state index contributed by atoms with van der Waals surface area (Å²) in [6.07, 6.45) is 2.47. The van der Waals surface area contributed by atoms with Crippen LogP contribution in [0.4, 0.5) is 0 Å². The molecule has 0 radical (unpaired) electrons. The standard InChI is InChI=1S/C14H22N2O.ClH/c1-3-10-14(2,15)13(17)16-11-9-12-7-5-4-6-8-12;/h4-8H,3,9-11,15H2,1-2H3,(H,16,17);1H. The molecule has 1 amide bonds. The minimum Gasteiger partial charge on any atom is -0.354 e. The molecule has 3 N–H and O–H groups in total. The lowest BCUT2D eigenvalue weighted by Crippen LogP contribution is -2.51. The number of benzene rings is 1. The number of hydrogen-bond donors (Lipinski definition) is 2. The molecule has 1 unspecified atom stereocenters. The van der Waals surface area contributed by atoms with Crippen molar-refractivity contribution in [2.45, 2.75) is 38.6 Å². The molecule has 0 fully saturated rings. The molecule has 0 saturated heterocycles. The third-order valence-electron chi connectivity index (χ3n) is 2.83. The zero-order valence-electron chi connectivity index (χ0n) is 11.1. The average Bonchev–Trinajstić information content (AvgIpc) is 2.30. The number of hydrogen-bond acceptors (Lipinski definition) is 2. The molecule has 0 aliphatic carbocycles. The zero-order chi connectivity index (χ0) is 12.7. The predicted octanol–water partition coefficient (Wildman–Crippen LogP) is 2.28. The predicted molar refractivity (Wildman–Crippen MR) is 77.9 cm³/mol. The molecule has 4 heteroatoms. The molecule has 1 aromatic carbocycles. The maximum atomic E-state index is 11.8. The van der Waals surface area contributed by atoms with E-state index in [1.54, 1.807) is 6.92 Å². The van der Waals surface area contributed by atoms with Crippen LogP contribution in [0.3, 0.4) is 0 Å². The van der Waals surface area contributed by atoms with Gasteiger partial charge >= 0.3 is 0 Å². The van der Waals surface area contributed by atoms with Gasteiger partial charge in [0.15, 0.2) is 0 Å². The molecule has 0 aromatic heterocycles. The largest absolute Gasteiger partial charge is 0.354 e. The average molecular weight is 271 g/mol. The molecule has 0 saturated carbocycles. The van der Waals surface area contributed by atoms with Gasteiger partial charge in [-0.25, -0.2) is 0 Å². The Kier molecular flexibility index (Phi) is 7.64. The lowest BCUT2D eigenvalue weighted by molar-refractivity contribution is -0.126. The normalized spacial score (nSPS) is 13.3.